The minimum absolute atomic E-state index is 0.209. The average Bonchev–Trinajstić information content (AvgIpc) is 2.37. The molecule has 1 atom stereocenters. The van der Waals surface area contributed by atoms with E-state index in [-0.39, 0.29) is 18.9 Å². The summed E-state index contributed by atoms with van der Waals surface area (Å²) in [4.78, 5) is 11.3. The number of carboxylic acid groups (broad SMARTS) is 1. The SMILES string of the molecule is C=C(N[C@@H](CCOc1ccccc1N)C(=O)O)OC(C)(C)C. The Morgan fingerprint density at radius 3 is 2.59 bits per heavy atom. The smallest absolute Gasteiger partial charge is 0.326 e. The summed E-state index contributed by atoms with van der Waals surface area (Å²) in [6.45, 7) is 9.47. The standard InChI is InChI=1S/C16H24N2O4/c1-11(22-16(2,3)4)18-13(15(19)20)9-10-21-14-8-6-5-7-12(14)17/h5-8,13,18H,1,9-10,17H2,2-4H3,(H,19,20)/t13-/m0/s1. The Labute approximate surface area is 130 Å². The van der Waals surface area contributed by atoms with Crippen molar-refractivity contribution >= 4 is 11.7 Å². The molecule has 0 bridgehead atoms. The first kappa shape index (κ1) is 17.7. The van der Waals surface area contributed by atoms with Crippen LogP contribution in [0.5, 0.6) is 5.75 Å². The summed E-state index contributed by atoms with van der Waals surface area (Å²) in [5, 5.41) is 12.0. The molecule has 1 aromatic carbocycles. The summed E-state index contributed by atoms with van der Waals surface area (Å²) < 4.78 is 11.0. The van der Waals surface area contributed by atoms with Crippen LogP contribution in [0.4, 0.5) is 5.69 Å². The topological polar surface area (TPSA) is 93.8 Å². The highest BCUT2D eigenvalue weighted by atomic mass is 16.5. The van der Waals surface area contributed by atoms with E-state index in [0.717, 1.165) is 0 Å². The van der Waals surface area contributed by atoms with Crippen LogP contribution in [0.1, 0.15) is 27.2 Å². The molecule has 0 heterocycles. The number of ether oxygens (including phenoxy) is 2. The molecule has 122 valence electrons. The van der Waals surface area contributed by atoms with E-state index in [9.17, 15) is 9.90 Å². The Hall–Kier alpha value is -2.37. The van der Waals surface area contributed by atoms with E-state index in [0.29, 0.717) is 11.4 Å². The summed E-state index contributed by atoms with van der Waals surface area (Å²) in [6.07, 6.45) is 0.246. The lowest BCUT2D eigenvalue weighted by molar-refractivity contribution is -0.140. The van der Waals surface area contributed by atoms with E-state index in [2.05, 4.69) is 11.9 Å². The number of carbonyl (C=O) groups is 1. The minimum Gasteiger partial charge on any atom is -0.491 e. The van der Waals surface area contributed by atoms with Crippen LogP contribution in [0.3, 0.4) is 0 Å². The summed E-state index contributed by atoms with van der Waals surface area (Å²) >= 11 is 0. The number of nitrogens with two attached hydrogens (primary N) is 1. The lowest BCUT2D eigenvalue weighted by atomic mass is 10.2. The first-order valence-corrected chi connectivity index (χ1v) is 7.03. The molecule has 0 spiro atoms. The Kier molecular flexibility index (Phi) is 6.10. The van der Waals surface area contributed by atoms with Gasteiger partial charge in [0, 0.05) is 6.42 Å². The lowest BCUT2D eigenvalue weighted by Gasteiger charge is -2.25. The van der Waals surface area contributed by atoms with Crippen molar-refractivity contribution in [3.63, 3.8) is 0 Å². The zero-order valence-corrected chi connectivity index (χ0v) is 13.3. The van der Waals surface area contributed by atoms with Crippen molar-refractivity contribution in [2.24, 2.45) is 0 Å². The molecule has 0 aromatic heterocycles. The van der Waals surface area contributed by atoms with E-state index in [4.69, 9.17) is 15.2 Å². The van der Waals surface area contributed by atoms with Gasteiger partial charge in [-0.05, 0) is 39.5 Å². The molecule has 0 aliphatic rings. The Bertz CT molecular complexity index is 523. The molecule has 4 N–H and O–H groups in total. The molecule has 6 heteroatoms. The van der Waals surface area contributed by atoms with Crippen molar-refractivity contribution in [2.75, 3.05) is 12.3 Å². The van der Waals surface area contributed by atoms with E-state index in [1.807, 2.05) is 20.8 Å². The second-order valence-electron chi connectivity index (χ2n) is 5.85. The van der Waals surface area contributed by atoms with E-state index in [1.165, 1.54) is 0 Å². The van der Waals surface area contributed by atoms with E-state index in [1.54, 1.807) is 24.3 Å². The number of aliphatic carboxylic acids is 1. The molecule has 0 aliphatic carbocycles. The molecule has 1 aromatic rings. The van der Waals surface area contributed by atoms with Gasteiger partial charge >= 0.3 is 5.97 Å². The van der Waals surface area contributed by atoms with Gasteiger partial charge in [0.15, 0.2) is 5.88 Å². The van der Waals surface area contributed by atoms with Gasteiger partial charge in [-0.15, -0.1) is 0 Å². The normalized spacial score (nSPS) is 12.3. The highest BCUT2D eigenvalue weighted by molar-refractivity contribution is 5.73. The van der Waals surface area contributed by atoms with Crippen LogP contribution < -0.4 is 15.8 Å². The number of benzene rings is 1. The number of rotatable bonds is 8. The molecule has 0 fully saturated rings. The van der Waals surface area contributed by atoms with Crippen LogP contribution in [0.2, 0.25) is 0 Å². The van der Waals surface area contributed by atoms with Crippen molar-refractivity contribution < 1.29 is 19.4 Å². The number of hydrogen-bond donors (Lipinski definition) is 3. The van der Waals surface area contributed by atoms with Gasteiger partial charge in [0.25, 0.3) is 0 Å². The number of hydrogen-bond acceptors (Lipinski definition) is 5. The third-order valence-corrected chi connectivity index (χ3v) is 2.65. The number of nitrogens with one attached hydrogen (secondary N) is 1. The molecule has 0 saturated heterocycles. The Balaban J connectivity index is 2.50. The minimum atomic E-state index is -0.997. The maximum absolute atomic E-state index is 11.3. The molecule has 0 unspecified atom stereocenters. The molecular weight excluding hydrogens is 284 g/mol. The fourth-order valence-electron chi connectivity index (χ4n) is 1.75. The van der Waals surface area contributed by atoms with Gasteiger partial charge in [-0.2, -0.15) is 0 Å². The van der Waals surface area contributed by atoms with Gasteiger partial charge in [-0.25, -0.2) is 4.79 Å². The average molecular weight is 308 g/mol. The maximum atomic E-state index is 11.3. The molecule has 0 amide bonds. The van der Waals surface area contributed by atoms with Crippen molar-refractivity contribution in [3.05, 3.63) is 36.7 Å². The van der Waals surface area contributed by atoms with Gasteiger partial charge in [-0.1, -0.05) is 12.1 Å². The number of nitrogen functional groups attached to an aromatic ring is 1. The summed E-state index contributed by atoms with van der Waals surface area (Å²) in [6, 6.07) is 6.22. The van der Waals surface area contributed by atoms with Crippen molar-refractivity contribution in [1.82, 2.24) is 5.32 Å². The summed E-state index contributed by atoms with van der Waals surface area (Å²) in [5.74, 6) is -0.237. The third kappa shape index (κ3) is 6.39. The second kappa shape index (κ2) is 7.59. The van der Waals surface area contributed by atoms with E-state index >= 15 is 0 Å². The zero-order valence-electron chi connectivity index (χ0n) is 13.3. The molecular formula is C16H24N2O4. The molecule has 1 rings (SSSR count). The fourth-order valence-corrected chi connectivity index (χ4v) is 1.75. The Morgan fingerprint density at radius 1 is 1.41 bits per heavy atom. The zero-order chi connectivity index (χ0) is 16.8. The van der Waals surface area contributed by atoms with Crippen LogP contribution in [-0.2, 0) is 9.53 Å². The van der Waals surface area contributed by atoms with Crippen molar-refractivity contribution in [1.29, 1.82) is 0 Å². The highest BCUT2D eigenvalue weighted by Gasteiger charge is 2.20. The molecule has 0 saturated carbocycles. The third-order valence-electron chi connectivity index (χ3n) is 2.65. The van der Waals surface area contributed by atoms with Gasteiger partial charge < -0.3 is 25.6 Å². The second-order valence-corrected chi connectivity index (χ2v) is 5.85. The lowest BCUT2D eigenvalue weighted by Crippen LogP contribution is -2.39. The van der Waals surface area contributed by atoms with Gasteiger partial charge in [0.05, 0.1) is 12.3 Å². The molecule has 0 aliphatic heterocycles. The molecule has 0 radical (unpaired) electrons. The summed E-state index contributed by atoms with van der Waals surface area (Å²) in [7, 11) is 0. The van der Waals surface area contributed by atoms with Crippen LogP contribution in [0, 0.1) is 0 Å². The van der Waals surface area contributed by atoms with Gasteiger partial charge in [0.1, 0.15) is 17.4 Å². The quantitative estimate of drug-likeness (QED) is 0.504. The number of anilines is 1. The number of carboxylic acids is 1. The highest BCUT2D eigenvalue weighted by Crippen LogP contribution is 2.20. The van der Waals surface area contributed by atoms with Crippen LogP contribution in [0.25, 0.3) is 0 Å². The van der Waals surface area contributed by atoms with Gasteiger partial charge in [0.2, 0.25) is 0 Å². The van der Waals surface area contributed by atoms with Crippen LogP contribution in [-0.4, -0.2) is 29.3 Å². The first-order valence-electron chi connectivity index (χ1n) is 7.03. The predicted octanol–water partition coefficient (Wildman–Crippen LogP) is 2.37. The fraction of sp³-hybridized carbons (Fsp3) is 0.438. The largest absolute Gasteiger partial charge is 0.491 e. The van der Waals surface area contributed by atoms with E-state index < -0.39 is 17.6 Å². The van der Waals surface area contributed by atoms with Gasteiger partial charge in [-0.3, -0.25) is 0 Å². The van der Waals surface area contributed by atoms with Crippen molar-refractivity contribution in [2.45, 2.75) is 38.8 Å². The Morgan fingerprint density at radius 2 is 2.05 bits per heavy atom. The molecule has 22 heavy (non-hydrogen) atoms. The predicted molar refractivity (Wildman–Crippen MR) is 85.5 cm³/mol. The van der Waals surface area contributed by atoms with Crippen LogP contribution >= 0.6 is 0 Å². The maximum Gasteiger partial charge on any atom is 0.326 e. The first-order chi connectivity index (χ1) is 10.2. The van der Waals surface area contributed by atoms with Crippen LogP contribution in [0.15, 0.2) is 36.7 Å². The monoisotopic (exact) mass is 308 g/mol. The number of para-hydroxylation sites is 2. The van der Waals surface area contributed by atoms with Crippen molar-refractivity contribution in [3.8, 4) is 5.75 Å². The summed E-state index contributed by atoms with van der Waals surface area (Å²) in [5.41, 5.74) is 5.83. The molecule has 6 nitrogen and oxygen atoms in total.